The van der Waals surface area contributed by atoms with Crippen molar-refractivity contribution in [3.8, 4) is 0 Å². The molecular weight excluding hydrogens is 310 g/mol. The highest BCUT2D eigenvalue weighted by atomic mass is 35.5. The number of carbonyl (C=O) groups excluding carboxylic acids is 1. The second kappa shape index (κ2) is 7.00. The summed E-state index contributed by atoms with van der Waals surface area (Å²) < 4.78 is 0. The molecule has 0 spiro atoms. The Morgan fingerprint density at radius 2 is 2.10 bits per heavy atom. The third-order valence-corrected chi connectivity index (χ3v) is 4.98. The highest BCUT2D eigenvalue weighted by Crippen LogP contribution is 2.31. The summed E-state index contributed by atoms with van der Waals surface area (Å²) in [5.41, 5.74) is 0.847. The lowest BCUT2D eigenvalue weighted by Gasteiger charge is -2.25. The van der Waals surface area contributed by atoms with E-state index in [2.05, 4.69) is 0 Å². The lowest BCUT2D eigenvalue weighted by atomic mass is 10.2. The number of benzene rings is 1. The standard InChI is InChI=1S/C15H16ClNO3S/c1-2-14-17(12(9-21-14)15(19)20)13(18)8-5-10-3-6-11(16)7-4-10/h3-8,12,14H,2,9H2,1H3,(H,19,20). The van der Waals surface area contributed by atoms with Gasteiger partial charge >= 0.3 is 5.97 Å². The lowest BCUT2D eigenvalue weighted by Crippen LogP contribution is -2.44. The van der Waals surface area contributed by atoms with Crippen LogP contribution < -0.4 is 0 Å². The van der Waals surface area contributed by atoms with Crippen molar-refractivity contribution < 1.29 is 14.7 Å². The molecule has 1 aliphatic rings. The highest BCUT2D eigenvalue weighted by Gasteiger charge is 2.39. The van der Waals surface area contributed by atoms with E-state index in [0.717, 1.165) is 12.0 Å². The molecule has 0 bridgehead atoms. The van der Waals surface area contributed by atoms with E-state index >= 15 is 0 Å². The first kappa shape index (κ1) is 15.9. The van der Waals surface area contributed by atoms with Gasteiger partial charge in [0.2, 0.25) is 5.91 Å². The average molecular weight is 326 g/mol. The van der Waals surface area contributed by atoms with Crippen LogP contribution in [0.15, 0.2) is 30.3 Å². The van der Waals surface area contributed by atoms with E-state index < -0.39 is 12.0 Å². The van der Waals surface area contributed by atoms with Crippen molar-refractivity contribution in [3.05, 3.63) is 40.9 Å². The minimum absolute atomic E-state index is 0.0755. The van der Waals surface area contributed by atoms with E-state index in [-0.39, 0.29) is 11.3 Å². The van der Waals surface area contributed by atoms with E-state index in [0.29, 0.717) is 10.8 Å². The Labute approximate surface area is 132 Å². The third kappa shape index (κ3) is 3.80. The summed E-state index contributed by atoms with van der Waals surface area (Å²) in [6, 6.07) is 6.34. The molecule has 4 nitrogen and oxygen atoms in total. The first-order valence-electron chi connectivity index (χ1n) is 6.63. The summed E-state index contributed by atoms with van der Waals surface area (Å²) in [4.78, 5) is 25.0. The van der Waals surface area contributed by atoms with Gasteiger partial charge in [0.25, 0.3) is 0 Å². The normalized spacial score (nSPS) is 21.9. The number of carboxylic acid groups (broad SMARTS) is 1. The molecule has 112 valence electrons. The van der Waals surface area contributed by atoms with Crippen LogP contribution in [0.2, 0.25) is 5.02 Å². The topological polar surface area (TPSA) is 57.6 Å². The zero-order chi connectivity index (χ0) is 15.4. The Kier molecular flexibility index (Phi) is 5.31. The van der Waals surface area contributed by atoms with Crippen LogP contribution in [0, 0.1) is 0 Å². The predicted molar refractivity (Wildman–Crippen MR) is 85.3 cm³/mol. The smallest absolute Gasteiger partial charge is 0.327 e. The van der Waals surface area contributed by atoms with Gasteiger partial charge in [-0.3, -0.25) is 4.79 Å². The first-order valence-corrected chi connectivity index (χ1v) is 8.06. The van der Waals surface area contributed by atoms with Crippen molar-refractivity contribution in [2.24, 2.45) is 0 Å². The average Bonchev–Trinajstić information content (AvgIpc) is 2.90. The quantitative estimate of drug-likeness (QED) is 0.864. The Hall–Kier alpha value is -1.46. The second-order valence-electron chi connectivity index (χ2n) is 4.68. The molecule has 1 fully saturated rings. The zero-order valence-electron chi connectivity index (χ0n) is 11.5. The Bertz CT molecular complexity index is 559. The van der Waals surface area contributed by atoms with Crippen LogP contribution in [-0.4, -0.2) is 39.1 Å². The maximum atomic E-state index is 12.3. The van der Waals surface area contributed by atoms with Gasteiger partial charge in [0, 0.05) is 16.9 Å². The maximum absolute atomic E-state index is 12.3. The molecule has 1 saturated heterocycles. The van der Waals surface area contributed by atoms with Crippen LogP contribution >= 0.6 is 23.4 Å². The Morgan fingerprint density at radius 3 is 2.67 bits per heavy atom. The first-order chi connectivity index (χ1) is 10.0. The molecule has 0 aliphatic carbocycles. The van der Waals surface area contributed by atoms with Crippen LogP contribution in [0.4, 0.5) is 0 Å². The number of aliphatic carboxylic acids is 1. The number of thioether (sulfide) groups is 1. The molecule has 1 aliphatic heterocycles. The lowest BCUT2D eigenvalue weighted by molar-refractivity contribution is -0.147. The second-order valence-corrected chi connectivity index (χ2v) is 6.33. The number of amides is 1. The molecule has 1 aromatic rings. The summed E-state index contributed by atoms with van der Waals surface area (Å²) in [7, 11) is 0. The monoisotopic (exact) mass is 325 g/mol. The molecule has 1 heterocycles. The van der Waals surface area contributed by atoms with Crippen LogP contribution in [0.3, 0.4) is 0 Å². The van der Waals surface area contributed by atoms with Crippen LogP contribution in [0.1, 0.15) is 18.9 Å². The van der Waals surface area contributed by atoms with Crippen molar-refractivity contribution >= 4 is 41.3 Å². The van der Waals surface area contributed by atoms with E-state index in [1.807, 2.05) is 6.92 Å². The molecule has 2 rings (SSSR count). The van der Waals surface area contributed by atoms with Gasteiger partial charge in [-0.15, -0.1) is 11.8 Å². The molecule has 6 heteroatoms. The summed E-state index contributed by atoms with van der Waals surface area (Å²) in [6.45, 7) is 1.95. The molecule has 21 heavy (non-hydrogen) atoms. The van der Waals surface area contributed by atoms with E-state index in [1.54, 1.807) is 30.3 Å². The molecule has 1 aromatic carbocycles. The van der Waals surface area contributed by atoms with Gasteiger partial charge in [0.15, 0.2) is 0 Å². The molecular formula is C15H16ClNO3S. The molecule has 2 atom stereocenters. The van der Waals surface area contributed by atoms with E-state index in [9.17, 15) is 14.7 Å². The minimum atomic E-state index is -0.952. The number of hydrogen-bond acceptors (Lipinski definition) is 3. The van der Waals surface area contributed by atoms with Gasteiger partial charge in [-0.05, 0) is 30.2 Å². The number of rotatable bonds is 4. The minimum Gasteiger partial charge on any atom is -0.480 e. The number of nitrogens with zero attached hydrogens (tertiary/aromatic N) is 1. The number of hydrogen-bond donors (Lipinski definition) is 1. The fraction of sp³-hybridized carbons (Fsp3) is 0.333. The molecule has 0 saturated carbocycles. The van der Waals surface area contributed by atoms with Gasteiger partial charge in [0.05, 0.1) is 5.37 Å². The number of carboxylic acids is 1. The van der Waals surface area contributed by atoms with Gasteiger partial charge in [0.1, 0.15) is 6.04 Å². The van der Waals surface area contributed by atoms with Gasteiger partial charge in [-0.2, -0.15) is 0 Å². The van der Waals surface area contributed by atoms with E-state index in [1.165, 1.54) is 22.7 Å². The van der Waals surface area contributed by atoms with Crippen molar-refractivity contribution in [1.82, 2.24) is 4.90 Å². The summed E-state index contributed by atoms with van der Waals surface area (Å²) in [6.07, 6.45) is 3.83. The van der Waals surface area contributed by atoms with Crippen molar-refractivity contribution in [2.75, 3.05) is 5.75 Å². The summed E-state index contributed by atoms with van der Waals surface area (Å²) in [5.74, 6) is -0.783. The van der Waals surface area contributed by atoms with Gasteiger partial charge in [-0.1, -0.05) is 30.7 Å². The van der Waals surface area contributed by atoms with Crippen LogP contribution in [-0.2, 0) is 9.59 Å². The fourth-order valence-corrected chi connectivity index (χ4v) is 3.67. The summed E-state index contributed by atoms with van der Waals surface area (Å²) in [5, 5.41) is 9.77. The van der Waals surface area contributed by atoms with Crippen molar-refractivity contribution in [2.45, 2.75) is 24.8 Å². The Balaban J connectivity index is 2.13. The molecule has 0 aromatic heterocycles. The Morgan fingerprint density at radius 1 is 1.43 bits per heavy atom. The summed E-state index contributed by atoms with van der Waals surface area (Å²) >= 11 is 7.31. The van der Waals surface area contributed by atoms with Crippen molar-refractivity contribution in [3.63, 3.8) is 0 Å². The fourth-order valence-electron chi connectivity index (χ4n) is 2.19. The molecule has 0 radical (unpaired) electrons. The zero-order valence-corrected chi connectivity index (χ0v) is 13.1. The van der Waals surface area contributed by atoms with Crippen LogP contribution in [0.5, 0.6) is 0 Å². The number of carbonyl (C=O) groups is 2. The molecule has 1 N–H and O–H groups in total. The van der Waals surface area contributed by atoms with Gasteiger partial charge < -0.3 is 10.0 Å². The third-order valence-electron chi connectivity index (χ3n) is 3.27. The van der Waals surface area contributed by atoms with E-state index in [4.69, 9.17) is 11.6 Å². The molecule has 1 amide bonds. The van der Waals surface area contributed by atoms with Crippen LogP contribution in [0.25, 0.3) is 6.08 Å². The SMILES string of the molecule is CCC1SCC(C(=O)O)N1C(=O)C=Cc1ccc(Cl)cc1. The van der Waals surface area contributed by atoms with Crippen molar-refractivity contribution in [1.29, 1.82) is 0 Å². The van der Waals surface area contributed by atoms with Gasteiger partial charge in [-0.25, -0.2) is 4.79 Å². The molecule has 2 unspecified atom stereocenters. The highest BCUT2D eigenvalue weighted by molar-refractivity contribution is 8.00. The maximum Gasteiger partial charge on any atom is 0.327 e. The predicted octanol–water partition coefficient (Wildman–Crippen LogP) is 3.12. The largest absolute Gasteiger partial charge is 0.480 e. The number of halogens is 1.